The molecule has 0 radical (unpaired) electrons. The van der Waals surface area contributed by atoms with Crippen LogP contribution in [0.4, 0.5) is 0 Å². The Hall–Kier alpha value is -0.650. The lowest BCUT2D eigenvalue weighted by molar-refractivity contribution is -0.124. The molecule has 0 bridgehead atoms. The van der Waals surface area contributed by atoms with Gasteiger partial charge in [-0.05, 0) is 52.5 Å². The van der Waals surface area contributed by atoms with Crippen molar-refractivity contribution in [3.05, 3.63) is 0 Å². The van der Waals surface area contributed by atoms with Crippen molar-refractivity contribution in [3.8, 4) is 0 Å². The van der Waals surface area contributed by atoms with Crippen molar-refractivity contribution in [3.63, 3.8) is 0 Å². The van der Waals surface area contributed by atoms with Crippen LogP contribution in [-0.2, 0) is 9.53 Å². The van der Waals surface area contributed by atoms with E-state index in [0.29, 0.717) is 12.2 Å². The van der Waals surface area contributed by atoms with Crippen LogP contribution < -0.4 is 11.1 Å². The van der Waals surface area contributed by atoms with Crippen molar-refractivity contribution in [2.75, 3.05) is 26.2 Å². The van der Waals surface area contributed by atoms with Crippen LogP contribution in [0.25, 0.3) is 0 Å². The summed E-state index contributed by atoms with van der Waals surface area (Å²) < 4.78 is 5.73. The predicted octanol–water partition coefficient (Wildman–Crippen LogP) is 1.12. The maximum atomic E-state index is 11.9. The molecule has 0 aromatic heterocycles. The summed E-state index contributed by atoms with van der Waals surface area (Å²) in [5.74, 6) is 0.359. The lowest BCUT2D eigenvalue weighted by atomic mass is 10.1. The molecule has 1 aliphatic heterocycles. The highest BCUT2D eigenvalue weighted by Gasteiger charge is 2.27. The van der Waals surface area contributed by atoms with E-state index in [2.05, 4.69) is 24.1 Å². The Morgan fingerprint density at radius 1 is 1.24 bits per heavy atom. The summed E-state index contributed by atoms with van der Waals surface area (Å²) in [6.45, 7) is 8.21. The van der Waals surface area contributed by atoms with E-state index >= 15 is 0 Å². The van der Waals surface area contributed by atoms with Gasteiger partial charge in [0.2, 0.25) is 5.91 Å². The molecule has 1 aliphatic carbocycles. The van der Waals surface area contributed by atoms with Crippen molar-refractivity contribution in [2.24, 2.45) is 11.7 Å². The van der Waals surface area contributed by atoms with Crippen LogP contribution in [0.2, 0.25) is 0 Å². The van der Waals surface area contributed by atoms with Gasteiger partial charge in [0.05, 0.1) is 12.2 Å². The second-order valence-corrected chi connectivity index (χ2v) is 6.79. The zero-order valence-corrected chi connectivity index (χ0v) is 13.5. The van der Waals surface area contributed by atoms with E-state index in [0.717, 1.165) is 58.3 Å². The molecule has 0 aromatic rings. The number of rotatable bonds is 6. The van der Waals surface area contributed by atoms with E-state index in [1.807, 2.05) is 0 Å². The number of nitrogens with zero attached hydrogens (tertiary/aromatic N) is 1. The van der Waals surface area contributed by atoms with Crippen molar-refractivity contribution in [1.82, 2.24) is 10.2 Å². The molecule has 1 amide bonds. The lowest BCUT2D eigenvalue weighted by Gasteiger charge is -2.35. The van der Waals surface area contributed by atoms with E-state index in [9.17, 15) is 4.79 Å². The maximum absolute atomic E-state index is 11.9. The average molecular weight is 297 g/mol. The highest BCUT2D eigenvalue weighted by molar-refractivity contribution is 5.78. The van der Waals surface area contributed by atoms with Gasteiger partial charge in [-0.1, -0.05) is 0 Å². The molecule has 21 heavy (non-hydrogen) atoms. The van der Waals surface area contributed by atoms with Gasteiger partial charge in [-0.15, -0.1) is 0 Å². The molecule has 1 heterocycles. The number of carbonyl (C=O) groups is 1. The quantitative estimate of drug-likeness (QED) is 0.721. The van der Waals surface area contributed by atoms with Crippen molar-refractivity contribution >= 4 is 5.91 Å². The van der Waals surface area contributed by atoms with Crippen LogP contribution in [0.15, 0.2) is 0 Å². The lowest BCUT2D eigenvalue weighted by Crippen LogP contribution is -2.45. The fraction of sp³-hybridized carbons (Fsp3) is 0.938. The number of hydrogen-bond acceptors (Lipinski definition) is 4. The maximum Gasteiger partial charge on any atom is 0.223 e. The number of ether oxygens (including phenoxy) is 1. The van der Waals surface area contributed by atoms with Crippen molar-refractivity contribution < 1.29 is 9.53 Å². The molecule has 0 aromatic carbocycles. The largest absolute Gasteiger partial charge is 0.373 e. The number of carbonyl (C=O) groups excluding carboxylic acids is 1. The topological polar surface area (TPSA) is 67.6 Å². The number of unbranched alkanes of at least 4 members (excludes halogenated alkanes) is 1. The Morgan fingerprint density at radius 2 is 1.95 bits per heavy atom. The van der Waals surface area contributed by atoms with Gasteiger partial charge in [-0.25, -0.2) is 0 Å². The van der Waals surface area contributed by atoms with Gasteiger partial charge in [-0.3, -0.25) is 9.69 Å². The first-order valence-corrected chi connectivity index (χ1v) is 8.45. The minimum Gasteiger partial charge on any atom is -0.373 e. The highest BCUT2D eigenvalue weighted by atomic mass is 16.5. The summed E-state index contributed by atoms with van der Waals surface area (Å²) >= 11 is 0. The molecule has 5 heteroatoms. The molecule has 1 saturated carbocycles. The number of morpholine rings is 1. The van der Waals surface area contributed by atoms with E-state index in [1.165, 1.54) is 0 Å². The molecule has 5 nitrogen and oxygen atoms in total. The van der Waals surface area contributed by atoms with Crippen molar-refractivity contribution in [1.29, 1.82) is 0 Å². The van der Waals surface area contributed by atoms with Gasteiger partial charge in [0.25, 0.3) is 0 Å². The third kappa shape index (κ3) is 5.57. The van der Waals surface area contributed by atoms with Crippen LogP contribution in [0.3, 0.4) is 0 Å². The summed E-state index contributed by atoms with van der Waals surface area (Å²) in [6.07, 6.45) is 5.64. The van der Waals surface area contributed by atoms with Gasteiger partial charge < -0.3 is 15.8 Å². The Morgan fingerprint density at radius 3 is 2.57 bits per heavy atom. The smallest absolute Gasteiger partial charge is 0.223 e. The molecule has 4 unspecified atom stereocenters. The third-order valence-corrected chi connectivity index (χ3v) is 4.54. The normalized spacial score (nSPS) is 34.0. The van der Waals surface area contributed by atoms with Crippen LogP contribution in [0.5, 0.6) is 0 Å². The Balaban J connectivity index is 1.53. The summed E-state index contributed by atoms with van der Waals surface area (Å²) in [7, 11) is 0. The van der Waals surface area contributed by atoms with Gasteiger partial charge in [0.1, 0.15) is 0 Å². The van der Waals surface area contributed by atoms with Crippen LogP contribution in [-0.4, -0.2) is 55.2 Å². The van der Waals surface area contributed by atoms with E-state index < -0.39 is 0 Å². The summed E-state index contributed by atoms with van der Waals surface area (Å²) in [5.41, 5.74) is 5.85. The monoisotopic (exact) mass is 297 g/mol. The molecule has 2 fully saturated rings. The second kappa shape index (κ2) is 8.11. The van der Waals surface area contributed by atoms with E-state index in [1.54, 1.807) is 0 Å². The van der Waals surface area contributed by atoms with Gasteiger partial charge in [-0.2, -0.15) is 0 Å². The predicted molar refractivity (Wildman–Crippen MR) is 84.0 cm³/mol. The zero-order valence-electron chi connectivity index (χ0n) is 13.5. The Bertz CT molecular complexity index is 327. The van der Waals surface area contributed by atoms with Gasteiger partial charge in [0.15, 0.2) is 0 Å². The van der Waals surface area contributed by atoms with Gasteiger partial charge >= 0.3 is 0 Å². The third-order valence-electron chi connectivity index (χ3n) is 4.54. The SMILES string of the molecule is CC1CN(CCCCNC(=O)C2CCC(N)C2)CC(C)O1. The summed E-state index contributed by atoms with van der Waals surface area (Å²) in [5, 5.41) is 3.06. The van der Waals surface area contributed by atoms with E-state index in [-0.39, 0.29) is 17.9 Å². The second-order valence-electron chi connectivity index (χ2n) is 6.79. The molecular weight excluding hydrogens is 266 g/mol. The first-order chi connectivity index (χ1) is 10.0. The van der Waals surface area contributed by atoms with Crippen LogP contribution in [0, 0.1) is 5.92 Å². The fourth-order valence-electron chi connectivity index (χ4n) is 3.54. The average Bonchev–Trinajstić information content (AvgIpc) is 2.84. The molecule has 0 spiro atoms. The molecule has 122 valence electrons. The molecule has 4 atom stereocenters. The van der Waals surface area contributed by atoms with Crippen LogP contribution in [0.1, 0.15) is 46.0 Å². The zero-order chi connectivity index (χ0) is 15.2. The standard InChI is InChI=1S/C16H31N3O2/c1-12-10-19(11-13(2)21-12)8-4-3-7-18-16(20)14-5-6-15(17)9-14/h12-15H,3-11,17H2,1-2H3,(H,18,20). The molecule has 2 rings (SSSR count). The Kier molecular flexibility index (Phi) is 6.45. The Labute approximate surface area is 128 Å². The molecule has 1 saturated heterocycles. The minimum absolute atomic E-state index is 0.154. The van der Waals surface area contributed by atoms with Gasteiger partial charge in [0, 0.05) is 31.6 Å². The van der Waals surface area contributed by atoms with Crippen molar-refractivity contribution in [2.45, 2.75) is 64.2 Å². The summed E-state index contributed by atoms with van der Waals surface area (Å²) in [6, 6.07) is 0.228. The van der Waals surface area contributed by atoms with E-state index in [4.69, 9.17) is 10.5 Å². The first-order valence-electron chi connectivity index (χ1n) is 8.45. The number of nitrogens with two attached hydrogens (primary N) is 1. The van der Waals surface area contributed by atoms with Crippen LogP contribution >= 0.6 is 0 Å². The highest BCUT2D eigenvalue weighted by Crippen LogP contribution is 2.23. The molecule has 2 aliphatic rings. The molecule has 3 N–H and O–H groups in total. The number of hydrogen-bond donors (Lipinski definition) is 2. The number of nitrogens with one attached hydrogen (secondary N) is 1. The minimum atomic E-state index is 0.154. The summed E-state index contributed by atoms with van der Waals surface area (Å²) in [4.78, 5) is 14.4. The fourth-order valence-corrected chi connectivity index (χ4v) is 3.54. The first kappa shape index (κ1) is 16.7. The molecular formula is C16H31N3O2. The number of amides is 1.